The first-order valence-electron chi connectivity index (χ1n) is 3.90. The van der Waals surface area contributed by atoms with Gasteiger partial charge in [-0.05, 0) is 62.1 Å². The predicted octanol–water partition coefficient (Wildman–Crippen LogP) is 0.829. The summed E-state index contributed by atoms with van der Waals surface area (Å²) in [5.74, 6) is 0. The molecule has 0 saturated carbocycles. The van der Waals surface area contributed by atoms with Gasteiger partial charge >= 0.3 is 0 Å². The van der Waals surface area contributed by atoms with Crippen molar-refractivity contribution in [2.24, 2.45) is 14.1 Å². The highest BCUT2D eigenvalue weighted by Gasteiger charge is 2.06. The van der Waals surface area contributed by atoms with Crippen LogP contribution in [0, 0.1) is 0 Å². The molecule has 0 aliphatic heterocycles. The molecule has 2 heterocycles. The summed E-state index contributed by atoms with van der Waals surface area (Å²) in [6, 6.07) is 0. The van der Waals surface area contributed by atoms with Crippen LogP contribution in [0.3, 0.4) is 0 Å². The molecule has 86 valence electrons. The average molecular weight is 294 g/mol. The molecule has 0 unspecified atom stereocenters. The maximum atomic E-state index is 3.84. The van der Waals surface area contributed by atoms with E-state index in [2.05, 4.69) is 31.1 Å². The van der Waals surface area contributed by atoms with E-state index in [-0.39, 0.29) is 0 Å². The lowest BCUT2D eigenvalue weighted by molar-refractivity contribution is 0.666. The summed E-state index contributed by atoms with van der Waals surface area (Å²) in [6.45, 7) is 0. The number of hydrogen-bond acceptors (Lipinski definition) is 10. The maximum absolute atomic E-state index is 3.84. The number of aromatic nitrogens is 8. The van der Waals surface area contributed by atoms with Gasteiger partial charge in [0.25, 0.3) is 0 Å². The molecule has 0 spiro atoms. The van der Waals surface area contributed by atoms with Gasteiger partial charge in [0.15, 0.2) is 0 Å². The Kier molecular flexibility index (Phi) is 4.31. The summed E-state index contributed by atoms with van der Waals surface area (Å²) in [5, 5.41) is 23.7. The molecule has 0 fully saturated rings. The van der Waals surface area contributed by atoms with Crippen LogP contribution in [0.4, 0.5) is 0 Å². The Morgan fingerprint density at radius 1 is 0.812 bits per heavy atom. The molecule has 0 aromatic carbocycles. The predicted molar refractivity (Wildman–Crippen MR) is 64.5 cm³/mol. The van der Waals surface area contributed by atoms with E-state index in [0.29, 0.717) is 0 Å². The highest BCUT2D eigenvalue weighted by molar-refractivity contribution is 9.26. The fraction of sp³-hybridized carbons (Fsp3) is 0.500. The molecule has 0 bridgehead atoms. The quantitative estimate of drug-likeness (QED) is 0.583. The number of hydrogen-bond donors (Lipinski definition) is 0. The first-order valence-corrected chi connectivity index (χ1v) is 8.71. The summed E-state index contributed by atoms with van der Waals surface area (Å²) in [6.07, 6.45) is 0. The highest BCUT2D eigenvalue weighted by Crippen LogP contribution is 2.47. The van der Waals surface area contributed by atoms with Gasteiger partial charge in [0.1, 0.15) is 0 Å². The minimum atomic E-state index is 0.759. The van der Waals surface area contributed by atoms with E-state index in [1.54, 1.807) is 43.1 Å². The summed E-state index contributed by atoms with van der Waals surface area (Å²) >= 11 is 0. The van der Waals surface area contributed by atoms with Crippen LogP contribution >= 0.6 is 41.2 Å². The van der Waals surface area contributed by atoms with Crippen LogP contribution in [-0.2, 0) is 14.1 Å². The van der Waals surface area contributed by atoms with Gasteiger partial charge in [-0.25, -0.2) is 9.36 Å². The maximum Gasteiger partial charge on any atom is 0.220 e. The zero-order valence-electron chi connectivity index (χ0n) is 8.21. The minimum absolute atomic E-state index is 0.759. The molecule has 16 heavy (non-hydrogen) atoms. The Labute approximate surface area is 106 Å². The smallest absolute Gasteiger partial charge is 0.220 e. The zero-order chi connectivity index (χ0) is 11.4. The van der Waals surface area contributed by atoms with Crippen LogP contribution in [0.25, 0.3) is 0 Å². The molecule has 0 saturated heterocycles. The van der Waals surface area contributed by atoms with E-state index in [9.17, 15) is 0 Å². The molecule has 8 nitrogen and oxygen atoms in total. The van der Waals surface area contributed by atoms with Crippen molar-refractivity contribution < 1.29 is 0 Å². The van der Waals surface area contributed by atoms with Crippen molar-refractivity contribution in [2.45, 2.75) is 10.3 Å². The zero-order valence-corrected chi connectivity index (χ0v) is 11.5. The fourth-order valence-corrected chi connectivity index (χ4v) is 5.75. The van der Waals surface area contributed by atoms with Gasteiger partial charge in [-0.1, -0.05) is 0 Å². The molecule has 2 aromatic heterocycles. The van der Waals surface area contributed by atoms with Crippen LogP contribution in [-0.4, -0.2) is 40.4 Å². The van der Waals surface area contributed by atoms with Crippen LogP contribution in [0.1, 0.15) is 0 Å². The third-order valence-electron chi connectivity index (χ3n) is 1.41. The average Bonchev–Trinajstić information content (AvgIpc) is 2.84. The lowest BCUT2D eigenvalue weighted by Crippen LogP contribution is -1.91. The summed E-state index contributed by atoms with van der Waals surface area (Å²) < 4.78 is 3.24. The van der Waals surface area contributed by atoms with E-state index < -0.39 is 0 Å². The van der Waals surface area contributed by atoms with E-state index in [1.165, 1.54) is 21.6 Å². The van der Waals surface area contributed by atoms with Crippen LogP contribution < -0.4 is 0 Å². The molecule has 0 atom stereocenters. The van der Waals surface area contributed by atoms with Crippen molar-refractivity contribution >= 4 is 41.2 Å². The van der Waals surface area contributed by atoms with E-state index in [1.807, 2.05) is 0 Å². The Balaban J connectivity index is 1.74. The third kappa shape index (κ3) is 3.02. The molecule has 0 amide bonds. The normalized spacial score (nSPS) is 10.9. The first-order chi connectivity index (χ1) is 7.77. The molecule has 12 heteroatoms. The molecule has 2 aromatic rings. The SMILES string of the molecule is Cn1nnnc1SSSSc1nnnn1C. The van der Waals surface area contributed by atoms with Gasteiger partial charge < -0.3 is 0 Å². The Morgan fingerprint density at radius 2 is 1.25 bits per heavy atom. The first kappa shape index (κ1) is 12.0. The minimum Gasteiger partial charge on any atom is -0.223 e. The molecular formula is C4H6N8S4. The highest BCUT2D eigenvalue weighted by atomic mass is 33.7. The molecule has 2 rings (SSSR count). The Bertz CT molecular complexity index is 410. The second-order valence-corrected chi connectivity index (χ2v) is 8.07. The lowest BCUT2D eigenvalue weighted by Gasteiger charge is -1.96. The second-order valence-electron chi connectivity index (χ2n) is 2.47. The summed E-state index contributed by atoms with van der Waals surface area (Å²) in [7, 11) is 9.69. The van der Waals surface area contributed by atoms with E-state index in [0.717, 1.165) is 10.3 Å². The van der Waals surface area contributed by atoms with Gasteiger partial charge in [0.2, 0.25) is 10.3 Å². The standard InChI is InChI=1S/C4H6N8S4/c1-11-3(5-7-9-11)13-15-16-14-4-6-8-10-12(4)2/h1-2H3. The van der Waals surface area contributed by atoms with Gasteiger partial charge in [0, 0.05) is 14.1 Å². The summed E-state index contributed by atoms with van der Waals surface area (Å²) in [4.78, 5) is 0. The number of tetrazole rings is 2. The fourth-order valence-electron chi connectivity index (χ4n) is 0.672. The molecule has 0 aliphatic rings. The van der Waals surface area contributed by atoms with Gasteiger partial charge in [-0.3, -0.25) is 0 Å². The molecule has 0 radical (unpaired) electrons. The van der Waals surface area contributed by atoms with Crippen LogP contribution in [0.2, 0.25) is 0 Å². The Morgan fingerprint density at radius 3 is 1.56 bits per heavy atom. The van der Waals surface area contributed by atoms with Crippen molar-refractivity contribution in [1.29, 1.82) is 0 Å². The number of aryl methyl sites for hydroxylation is 2. The van der Waals surface area contributed by atoms with Gasteiger partial charge in [-0.2, -0.15) is 0 Å². The Hall–Kier alpha value is -0.460. The van der Waals surface area contributed by atoms with Gasteiger partial charge in [0.05, 0.1) is 0 Å². The van der Waals surface area contributed by atoms with Crippen LogP contribution in [0.5, 0.6) is 0 Å². The van der Waals surface area contributed by atoms with Crippen molar-refractivity contribution in [3.8, 4) is 0 Å². The molecule has 0 aliphatic carbocycles. The molecule has 0 N–H and O–H groups in total. The molecular weight excluding hydrogens is 288 g/mol. The second kappa shape index (κ2) is 5.75. The van der Waals surface area contributed by atoms with Crippen molar-refractivity contribution in [3.63, 3.8) is 0 Å². The number of rotatable bonds is 5. The van der Waals surface area contributed by atoms with Crippen LogP contribution in [0.15, 0.2) is 10.3 Å². The topological polar surface area (TPSA) is 87.2 Å². The van der Waals surface area contributed by atoms with Crippen molar-refractivity contribution in [3.05, 3.63) is 0 Å². The lowest BCUT2D eigenvalue weighted by atomic mass is 11.2. The van der Waals surface area contributed by atoms with Crippen molar-refractivity contribution in [2.75, 3.05) is 0 Å². The van der Waals surface area contributed by atoms with E-state index >= 15 is 0 Å². The third-order valence-corrected chi connectivity index (χ3v) is 7.28. The van der Waals surface area contributed by atoms with Crippen molar-refractivity contribution in [1.82, 2.24) is 40.4 Å². The van der Waals surface area contributed by atoms with Gasteiger partial charge in [-0.15, -0.1) is 10.2 Å². The van der Waals surface area contributed by atoms with E-state index in [4.69, 9.17) is 0 Å². The number of nitrogens with zero attached hydrogens (tertiary/aromatic N) is 8. The summed E-state index contributed by atoms with van der Waals surface area (Å²) in [5.41, 5.74) is 0. The monoisotopic (exact) mass is 294 g/mol. The largest absolute Gasteiger partial charge is 0.223 e.